The molecule has 0 aliphatic carbocycles. The highest BCUT2D eigenvalue weighted by molar-refractivity contribution is 6.00. The Bertz CT molecular complexity index is 921. The topological polar surface area (TPSA) is 63.1 Å². The summed E-state index contributed by atoms with van der Waals surface area (Å²) in [4.78, 5) is 19.6. The average molecular weight is 375 g/mol. The molecule has 1 atom stereocenters. The van der Waals surface area contributed by atoms with Crippen molar-refractivity contribution in [2.45, 2.75) is 12.8 Å². The van der Waals surface area contributed by atoms with Gasteiger partial charge in [0.15, 0.2) is 0 Å². The number of hydrogen-bond donors (Lipinski definition) is 1. The summed E-state index contributed by atoms with van der Waals surface area (Å²) in [5.41, 5.74) is 3.09. The van der Waals surface area contributed by atoms with Gasteiger partial charge in [0.05, 0.1) is 11.3 Å². The summed E-state index contributed by atoms with van der Waals surface area (Å²) in [6, 6.07) is 13.7. The number of nitrogens with zero attached hydrogens (tertiary/aromatic N) is 4. The minimum atomic E-state index is 0.0434. The molecular weight excluding hydrogens is 350 g/mol. The van der Waals surface area contributed by atoms with Gasteiger partial charge in [0, 0.05) is 37.2 Å². The zero-order chi connectivity index (χ0) is 19.3. The number of likely N-dealkylation sites (tertiary alicyclic amines) is 1. The molecule has 1 fully saturated rings. The fraction of sp³-hybridized carbons (Fsp3) is 0.318. The number of piperidine rings is 1. The van der Waals surface area contributed by atoms with Gasteiger partial charge in [-0.25, -0.2) is 4.68 Å². The van der Waals surface area contributed by atoms with Gasteiger partial charge < -0.3 is 10.2 Å². The molecule has 0 bridgehead atoms. The van der Waals surface area contributed by atoms with Gasteiger partial charge >= 0.3 is 0 Å². The van der Waals surface area contributed by atoms with Crippen molar-refractivity contribution in [2.24, 2.45) is 5.92 Å². The molecule has 28 heavy (non-hydrogen) atoms. The Morgan fingerprint density at radius 2 is 2.07 bits per heavy atom. The van der Waals surface area contributed by atoms with Crippen LogP contribution in [0.2, 0.25) is 0 Å². The van der Waals surface area contributed by atoms with E-state index in [0.29, 0.717) is 17.2 Å². The number of aromatic nitrogens is 3. The maximum atomic E-state index is 13.4. The fourth-order valence-corrected chi connectivity index (χ4v) is 3.83. The van der Waals surface area contributed by atoms with Crippen molar-refractivity contribution in [2.75, 3.05) is 26.7 Å². The van der Waals surface area contributed by atoms with E-state index in [9.17, 15) is 4.79 Å². The predicted molar refractivity (Wildman–Crippen MR) is 109 cm³/mol. The van der Waals surface area contributed by atoms with Crippen LogP contribution in [0.4, 0.5) is 0 Å². The van der Waals surface area contributed by atoms with Gasteiger partial charge in [-0.2, -0.15) is 5.10 Å². The van der Waals surface area contributed by atoms with Gasteiger partial charge in [0.25, 0.3) is 5.91 Å². The van der Waals surface area contributed by atoms with Gasteiger partial charge in [-0.05, 0) is 56.6 Å². The number of carbonyl (C=O) groups is 1. The van der Waals surface area contributed by atoms with Crippen LogP contribution >= 0.6 is 0 Å². The number of nitrogens with one attached hydrogen (secondary N) is 1. The normalized spacial score (nSPS) is 16.9. The quantitative estimate of drug-likeness (QED) is 0.745. The number of hydrogen-bond acceptors (Lipinski definition) is 4. The number of carbonyl (C=O) groups excluding carboxylic acids is 1. The lowest BCUT2D eigenvalue weighted by molar-refractivity contribution is 0.0675. The van der Waals surface area contributed by atoms with E-state index < -0.39 is 0 Å². The Balaban J connectivity index is 1.70. The van der Waals surface area contributed by atoms with Gasteiger partial charge in [-0.1, -0.05) is 18.2 Å². The number of benzene rings is 1. The molecule has 1 N–H and O–H groups in total. The molecule has 6 nitrogen and oxygen atoms in total. The zero-order valence-electron chi connectivity index (χ0n) is 16.1. The third-order valence-corrected chi connectivity index (χ3v) is 5.20. The lowest BCUT2D eigenvalue weighted by Gasteiger charge is -2.32. The smallest absolute Gasteiger partial charge is 0.257 e. The molecule has 2 aromatic heterocycles. The lowest BCUT2D eigenvalue weighted by Crippen LogP contribution is -2.42. The first-order chi connectivity index (χ1) is 13.8. The summed E-state index contributed by atoms with van der Waals surface area (Å²) >= 11 is 0. The van der Waals surface area contributed by atoms with Crippen molar-refractivity contribution < 1.29 is 4.79 Å². The Morgan fingerprint density at radius 1 is 1.21 bits per heavy atom. The molecule has 1 unspecified atom stereocenters. The van der Waals surface area contributed by atoms with Crippen molar-refractivity contribution in [1.82, 2.24) is 25.0 Å². The highest BCUT2D eigenvalue weighted by Gasteiger charge is 2.28. The monoisotopic (exact) mass is 375 g/mol. The van der Waals surface area contributed by atoms with Crippen molar-refractivity contribution in [1.29, 1.82) is 0 Å². The fourth-order valence-electron chi connectivity index (χ4n) is 3.83. The molecule has 1 saturated heterocycles. The standard InChI is InChI=1S/C22H25N5O/c1-23-13-17-7-6-12-26(15-17)22(28)20-16-27(19-9-3-2-4-10-19)25-21(20)18-8-5-11-24-14-18/h2-5,8-11,14,16-17,23H,6-7,12-13,15H2,1H3. The van der Waals surface area contributed by atoms with Crippen LogP contribution in [-0.2, 0) is 0 Å². The highest BCUT2D eigenvalue weighted by Crippen LogP contribution is 2.26. The van der Waals surface area contributed by atoms with E-state index in [2.05, 4.69) is 10.3 Å². The van der Waals surface area contributed by atoms with E-state index >= 15 is 0 Å². The summed E-state index contributed by atoms with van der Waals surface area (Å²) in [5, 5.41) is 7.98. The van der Waals surface area contributed by atoms with E-state index in [1.165, 1.54) is 0 Å². The third kappa shape index (κ3) is 3.82. The van der Waals surface area contributed by atoms with Crippen molar-refractivity contribution in [3.8, 4) is 16.9 Å². The van der Waals surface area contributed by atoms with Crippen LogP contribution in [0.1, 0.15) is 23.2 Å². The molecular formula is C22H25N5O. The first kappa shape index (κ1) is 18.4. The van der Waals surface area contributed by atoms with Gasteiger partial charge in [-0.15, -0.1) is 0 Å². The summed E-state index contributed by atoms with van der Waals surface area (Å²) in [6.45, 7) is 2.51. The molecule has 1 aromatic carbocycles. The maximum Gasteiger partial charge on any atom is 0.257 e. The van der Waals surface area contributed by atoms with Crippen molar-refractivity contribution in [3.05, 3.63) is 66.6 Å². The molecule has 1 aliphatic heterocycles. The maximum absolute atomic E-state index is 13.4. The van der Waals surface area contributed by atoms with Crippen LogP contribution in [0.25, 0.3) is 16.9 Å². The zero-order valence-corrected chi connectivity index (χ0v) is 16.1. The average Bonchev–Trinajstić information content (AvgIpc) is 3.20. The molecule has 3 heterocycles. The van der Waals surface area contributed by atoms with Crippen LogP contribution in [-0.4, -0.2) is 52.3 Å². The predicted octanol–water partition coefficient (Wildman–Crippen LogP) is 3.01. The molecule has 6 heteroatoms. The van der Waals surface area contributed by atoms with Crippen molar-refractivity contribution in [3.63, 3.8) is 0 Å². The van der Waals surface area contributed by atoms with Crippen LogP contribution in [0, 0.1) is 5.92 Å². The van der Waals surface area contributed by atoms with Gasteiger partial charge in [0.1, 0.15) is 5.69 Å². The third-order valence-electron chi connectivity index (χ3n) is 5.20. The number of pyridine rings is 1. The Morgan fingerprint density at radius 3 is 2.82 bits per heavy atom. The first-order valence-corrected chi connectivity index (χ1v) is 9.75. The first-order valence-electron chi connectivity index (χ1n) is 9.75. The molecule has 0 saturated carbocycles. The molecule has 1 aliphatic rings. The second-order valence-corrected chi connectivity index (χ2v) is 7.23. The van der Waals surface area contributed by atoms with Crippen LogP contribution in [0.5, 0.6) is 0 Å². The Hall–Kier alpha value is -2.99. The van der Waals surface area contributed by atoms with Crippen LogP contribution in [0.3, 0.4) is 0 Å². The van der Waals surface area contributed by atoms with E-state index in [0.717, 1.165) is 43.7 Å². The van der Waals surface area contributed by atoms with E-state index in [4.69, 9.17) is 5.10 Å². The second-order valence-electron chi connectivity index (χ2n) is 7.23. The molecule has 4 rings (SSSR count). The highest BCUT2D eigenvalue weighted by atomic mass is 16.2. The summed E-state index contributed by atoms with van der Waals surface area (Å²) < 4.78 is 1.78. The molecule has 1 amide bonds. The minimum absolute atomic E-state index is 0.0434. The van der Waals surface area contributed by atoms with Crippen molar-refractivity contribution >= 4 is 5.91 Å². The summed E-state index contributed by atoms with van der Waals surface area (Å²) in [6.07, 6.45) is 7.53. The van der Waals surface area contributed by atoms with Crippen LogP contribution < -0.4 is 5.32 Å². The largest absolute Gasteiger partial charge is 0.338 e. The molecule has 0 spiro atoms. The summed E-state index contributed by atoms with van der Waals surface area (Å²) in [5.74, 6) is 0.538. The van der Waals surface area contributed by atoms with E-state index in [1.807, 2.05) is 60.6 Å². The Labute approximate surface area is 165 Å². The number of para-hydroxylation sites is 1. The van der Waals surface area contributed by atoms with Gasteiger partial charge in [-0.3, -0.25) is 9.78 Å². The molecule has 144 valence electrons. The summed E-state index contributed by atoms with van der Waals surface area (Å²) in [7, 11) is 1.96. The Kier molecular flexibility index (Phi) is 5.48. The lowest BCUT2D eigenvalue weighted by atomic mass is 9.97. The molecule has 0 radical (unpaired) electrons. The van der Waals surface area contributed by atoms with Crippen LogP contribution in [0.15, 0.2) is 61.1 Å². The molecule has 3 aromatic rings. The number of rotatable bonds is 5. The number of amides is 1. The van der Waals surface area contributed by atoms with Gasteiger partial charge in [0.2, 0.25) is 0 Å². The van der Waals surface area contributed by atoms with E-state index in [-0.39, 0.29) is 5.91 Å². The SMILES string of the molecule is CNCC1CCCN(C(=O)c2cn(-c3ccccc3)nc2-c2cccnc2)C1. The van der Waals surface area contributed by atoms with E-state index in [1.54, 1.807) is 17.1 Å². The minimum Gasteiger partial charge on any atom is -0.338 e. The second kappa shape index (κ2) is 8.35.